The van der Waals surface area contributed by atoms with E-state index in [1.165, 1.54) is 108 Å². The molecule has 1 aromatic carbocycles. The van der Waals surface area contributed by atoms with E-state index < -0.39 is 0 Å². The predicted molar refractivity (Wildman–Crippen MR) is 131 cm³/mol. The van der Waals surface area contributed by atoms with Crippen LogP contribution in [-0.2, 0) is 4.55 Å². The fourth-order valence-electron chi connectivity index (χ4n) is 3.48. The average molecular weight is 418 g/mol. The summed E-state index contributed by atoms with van der Waals surface area (Å²) in [5.41, 5.74) is 1.37. The molecule has 0 saturated heterocycles. The summed E-state index contributed by atoms with van der Waals surface area (Å²) in [6.45, 7) is 6.18. The van der Waals surface area contributed by atoms with Crippen LogP contribution in [0.4, 0.5) is 0 Å². The Bertz CT molecular complexity index is 363. The van der Waals surface area contributed by atoms with Gasteiger partial charge < -0.3 is 9.07 Å². The molecule has 0 aliphatic rings. The third kappa shape index (κ3) is 22.6. The van der Waals surface area contributed by atoms with Crippen LogP contribution in [0.25, 0.3) is 0 Å². The number of hydrogen-bond acceptors (Lipinski definition) is 0. The van der Waals surface area contributed by atoms with E-state index in [9.17, 15) is 0 Å². The van der Waals surface area contributed by atoms with Crippen LogP contribution in [0.3, 0.4) is 0 Å². The van der Waals surface area contributed by atoms with Gasteiger partial charge in [-0.2, -0.15) is 0 Å². The highest BCUT2D eigenvalue weighted by Gasteiger charge is 1.94. The van der Waals surface area contributed by atoms with Crippen molar-refractivity contribution >= 4 is 28.3 Å². The fraction of sp³-hybridized carbons (Fsp3) is 0.731. The zero-order valence-electron chi connectivity index (χ0n) is 18.9. The summed E-state index contributed by atoms with van der Waals surface area (Å²) < 4.78 is 1.11. The standard InChI is InChI=1S/C19H39.C7H7.ClH.Mg/c1-3-5-7-9-11-13-15-17-19-18-16-14-12-10-8-6-4-2;1-7-5-3-2-4-6-7;;/h1,3-19H2,2H3;2-6H,1H2;1H;/q;;;+1/p-1. The first-order valence-electron chi connectivity index (χ1n) is 12.2. The quantitative estimate of drug-likeness (QED) is 0.164. The summed E-state index contributed by atoms with van der Waals surface area (Å²) in [7, 11) is 5.67. The Labute approximate surface area is 191 Å². The van der Waals surface area contributed by atoms with Crippen molar-refractivity contribution < 1.29 is 0 Å². The molecule has 0 amide bonds. The van der Waals surface area contributed by atoms with Gasteiger partial charge in [-0.05, 0) is 0 Å². The second kappa shape index (κ2) is 25.3. The Balaban J connectivity index is 0.000000668. The molecule has 0 atom stereocenters. The zero-order valence-corrected chi connectivity index (χ0v) is 21.1. The van der Waals surface area contributed by atoms with Gasteiger partial charge in [-0.25, -0.2) is 0 Å². The van der Waals surface area contributed by atoms with E-state index >= 15 is 0 Å². The molecule has 1 radical (unpaired) electrons. The van der Waals surface area contributed by atoms with Crippen LogP contribution in [0.5, 0.6) is 0 Å². The van der Waals surface area contributed by atoms with Gasteiger partial charge in [0.1, 0.15) is 0 Å². The van der Waals surface area contributed by atoms with Gasteiger partial charge in [-0.15, -0.1) is 0 Å². The third-order valence-electron chi connectivity index (χ3n) is 5.33. The van der Waals surface area contributed by atoms with Gasteiger partial charge >= 0.3 is 19.3 Å². The average Bonchev–Trinajstić information content (AvgIpc) is 2.72. The number of hydrogen-bond donors (Lipinski definition) is 0. The lowest BCUT2D eigenvalue weighted by Gasteiger charge is -2.03. The van der Waals surface area contributed by atoms with Crippen molar-refractivity contribution in [2.24, 2.45) is 0 Å². The summed E-state index contributed by atoms with van der Waals surface area (Å²) in [5.74, 6) is 0. The molecule has 2 heteroatoms. The Kier molecular flexibility index (Phi) is 25.6. The smallest absolute Gasteiger partial charge is 0.345 e. The van der Waals surface area contributed by atoms with Gasteiger partial charge in [-0.1, -0.05) is 163 Å². The molecule has 0 unspecified atom stereocenters. The Morgan fingerprint density at radius 2 is 1.04 bits per heavy atom. The molecule has 0 N–H and O–H groups in total. The lowest BCUT2D eigenvalue weighted by atomic mass is 10.0. The van der Waals surface area contributed by atoms with Gasteiger partial charge in [0.2, 0.25) is 0 Å². The maximum Gasteiger partial charge on any atom is 0.505 e. The van der Waals surface area contributed by atoms with Crippen molar-refractivity contribution in [1.82, 2.24) is 0 Å². The first kappa shape index (κ1) is 28.3. The van der Waals surface area contributed by atoms with E-state index in [-0.39, 0.29) is 19.3 Å². The first-order chi connectivity index (χ1) is 13.8. The van der Waals surface area contributed by atoms with Gasteiger partial charge in [0.25, 0.3) is 0 Å². The predicted octanol–water partition coefficient (Wildman–Crippen LogP) is 9.52. The van der Waals surface area contributed by atoms with Crippen LogP contribution in [-0.4, -0.2) is 19.3 Å². The van der Waals surface area contributed by atoms with E-state index in [2.05, 4.69) is 38.1 Å². The topological polar surface area (TPSA) is 0 Å². The van der Waals surface area contributed by atoms with Gasteiger partial charge in [0, 0.05) is 0 Å². The fourth-order valence-corrected chi connectivity index (χ4v) is 4.68. The molecule has 0 spiro atoms. The molecule has 1 aromatic rings. The molecular weight excluding hydrogens is 372 g/mol. The van der Waals surface area contributed by atoms with Crippen LogP contribution >= 0.6 is 9.07 Å². The number of rotatable bonds is 18. The van der Waals surface area contributed by atoms with Crippen molar-refractivity contribution in [3.63, 3.8) is 0 Å². The SMILES string of the molecule is [CH2]CCCCCCCCCCCCCCCCCC.[Cl][Mg][CH2]c1ccccc1. The lowest BCUT2D eigenvalue weighted by molar-refractivity contribution is 0.530. The van der Waals surface area contributed by atoms with Crippen molar-refractivity contribution in [3.05, 3.63) is 42.8 Å². The summed E-state index contributed by atoms with van der Waals surface area (Å²) in [6, 6.07) is 10.4. The summed E-state index contributed by atoms with van der Waals surface area (Å²) in [4.78, 5) is 0. The monoisotopic (exact) mass is 417 g/mol. The normalized spacial score (nSPS) is 10.2. The molecule has 0 heterocycles. The molecule has 0 aliphatic carbocycles. The maximum absolute atomic E-state index is 5.67. The first-order valence-corrected chi connectivity index (χ1v) is 15.4. The summed E-state index contributed by atoms with van der Waals surface area (Å²) >= 11 is -0.312. The number of unbranched alkanes of at least 4 members (excludes halogenated alkanes) is 16. The zero-order chi connectivity index (χ0) is 20.5. The van der Waals surface area contributed by atoms with Gasteiger partial charge in [0.05, 0.1) is 0 Å². The highest BCUT2D eigenvalue weighted by atomic mass is 35.5. The molecule has 0 saturated carbocycles. The molecule has 0 aliphatic heterocycles. The number of benzene rings is 1. The van der Waals surface area contributed by atoms with Crippen LogP contribution < -0.4 is 0 Å². The third-order valence-corrected chi connectivity index (χ3v) is 6.66. The highest BCUT2D eigenvalue weighted by Crippen LogP contribution is 2.13. The van der Waals surface area contributed by atoms with Crippen molar-refractivity contribution in [2.45, 2.75) is 121 Å². The largest absolute Gasteiger partial charge is 0.505 e. The maximum atomic E-state index is 5.67. The van der Waals surface area contributed by atoms with E-state index in [1.807, 2.05) is 6.07 Å². The Hall–Kier alpha value is 0.276. The molecule has 0 nitrogen and oxygen atoms in total. The highest BCUT2D eigenvalue weighted by molar-refractivity contribution is 6.93. The summed E-state index contributed by atoms with van der Waals surface area (Å²) in [6.07, 6.45) is 24.3. The van der Waals surface area contributed by atoms with Crippen LogP contribution in [0.1, 0.15) is 122 Å². The molecule has 1 rings (SSSR count). The minimum Gasteiger partial charge on any atom is -0.345 e. The second-order valence-electron chi connectivity index (χ2n) is 8.08. The van der Waals surface area contributed by atoms with E-state index in [0.29, 0.717) is 0 Å². The van der Waals surface area contributed by atoms with E-state index in [1.54, 1.807) is 0 Å². The van der Waals surface area contributed by atoms with E-state index in [0.717, 1.165) is 11.0 Å². The Morgan fingerprint density at radius 3 is 1.39 bits per heavy atom. The van der Waals surface area contributed by atoms with Crippen LogP contribution in [0, 0.1) is 6.92 Å². The molecule has 0 bridgehead atoms. The minimum absolute atomic E-state index is 0.312. The van der Waals surface area contributed by atoms with Gasteiger partial charge in [0.15, 0.2) is 0 Å². The lowest BCUT2D eigenvalue weighted by Crippen LogP contribution is -1.86. The van der Waals surface area contributed by atoms with Crippen molar-refractivity contribution in [1.29, 1.82) is 0 Å². The van der Waals surface area contributed by atoms with Crippen molar-refractivity contribution in [3.8, 4) is 0 Å². The van der Waals surface area contributed by atoms with E-state index in [4.69, 9.17) is 9.07 Å². The molecule has 0 fully saturated rings. The number of halogens is 1. The van der Waals surface area contributed by atoms with Gasteiger partial charge in [-0.3, -0.25) is 0 Å². The molecule has 28 heavy (non-hydrogen) atoms. The van der Waals surface area contributed by atoms with Crippen LogP contribution in [0.2, 0.25) is 0 Å². The molecular formula is C26H46ClMg. The Morgan fingerprint density at radius 1 is 0.643 bits per heavy atom. The summed E-state index contributed by atoms with van der Waals surface area (Å²) in [5, 5.41) is 0. The minimum atomic E-state index is -0.312. The second-order valence-corrected chi connectivity index (χ2v) is 10.1. The van der Waals surface area contributed by atoms with Crippen LogP contribution in [0.15, 0.2) is 30.3 Å². The molecule has 0 aromatic heterocycles. The van der Waals surface area contributed by atoms with Crippen molar-refractivity contribution in [2.75, 3.05) is 0 Å². The molecule has 159 valence electrons.